The summed E-state index contributed by atoms with van der Waals surface area (Å²) in [6, 6.07) is 0. The van der Waals surface area contributed by atoms with Gasteiger partial charge in [0.25, 0.3) is 0 Å². The fourth-order valence-electron chi connectivity index (χ4n) is 6.46. The van der Waals surface area contributed by atoms with Crippen LogP contribution < -0.4 is 0 Å². The van der Waals surface area contributed by atoms with Crippen LogP contribution in [0.2, 0.25) is 0 Å². The third-order valence-electron chi connectivity index (χ3n) is 10.1. The first-order valence-corrected chi connectivity index (χ1v) is 24.5. The van der Waals surface area contributed by atoms with Gasteiger partial charge in [-0.1, -0.05) is 207 Å². The molecule has 0 saturated carbocycles. The van der Waals surface area contributed by atoms with Gasteiger partial charge in [0.15, 0.2) is 0 Å². The molecule has 0 aromatic heterocycles. The van der Waals surface area contributed by atoms with Crippen LogP contribution in [0.15, 0.2) is 109 Å². The summed E-state index contributed by atoms with van der Waals surface area (Å²) in [7, 11) is 0. The molecule has 59 heavy (non-hydrogen) atoms. The van der Waals surface area contributed by atoms with E-state index in [-0.39, 0.29) is 19.2 Å². The van der Waals surface area contributed by atoms with Gasteiger partial charge in [-0.25, -0.2) is 0 Å². The van der Waals surface area contributed by atoms with Crippen molar-refractivity contribution in [2.45, 2.75) is 213 Å². The van der Waals surface area contributed by atoms with Gasteiger partial charge in [-0.15, -0.1) is 0 Å². The number of esters is 1. The molecule has 336 valence electrons. The van der Waals surface area contributed by atoms with Gasteiger partial charge in [-0.3, -0.25) is 4.79 Å². The first-order chi connectivity index (χ1) is 29.2. The molecule has 1 atom stereocenters. The van der Waals surface area contributed by atoms with Crippen LogP contribution in [0.4, 0.5) is 0 Å². The summed E-state index contributed by atoms with van der Waals surface area (Å²) in [6.45, 7) is 5.17. The highest BCUT2D eigenvalue weighted by Gasteiger charge is 2.13. The van der Waals surface area contributed by atoms with E-state index in [1.165, 1.54) is 96.3 Å². The lowest BCUT2D eigenvalue weighted by Crippen LogP contribution is -2.27. The van der Waals surface area contributed by atoms with Gasteiger partial charge in [0.2, 0.25) is 0 Å². The van der Waals surface area contributed by atoms with E-state index in [1.807, 2.05) is 0 Å². The smallest absolute Gasteiger partial charge is 0.306 e. The Morgan fingerprint density at radius 1 is 0.424 bits per heavy atom. The predicted molar refractivity (Wildman–Crippen MR) is 260 cm³/mol. The van der Waals surface area contributed by atoms with E-state index in [9.17, 15) is 9.90 Å². The van der Waals surface area contributed by atoms with Crippen molar-refractivity contribution in [2.75, 3.05) is 19.8 Å². The lowest BCUT2D eigenvalue weighted by molar-refractivity contribution is -0.154. The molecule has 0 aliphatic rings. The average Bonchev–Trinajstić information content (AvgIpc) is 3.24. The second-order valence-electron chi connectivity index (χ2n) is 15.8. The topological polar surface area (TPSA) is 55.8 Å². The van der Waals surface area contributed by atoms with Crippen LogP contribution in [0.25, 0.3) is 0 Å². The van der Waals surface area contributed by atoms with Crippen molar-refractivity contribution in [1.29, 1.82) is 0 Å². The van der Waals surface area contributed by atoms with Crippen LogP contribution in [0.3, 0.4) is 0 Å². The average molecular weight is 817 g/mol. The van der Waals surface area contributed by atoms with Crippen molar-refractivity contribution < 1.29 is 19.4 Å². The van der Waals surface area contributed by atoms with Crippen molar-refractivity contribution in [2.24, 2.45) is 0 Å². The normalized spacial score (nSPS) is 13.3. The number of carbonyl (C=O) groups excluding carboxylic acids is 1. The van der Waals surface area contributed by atoms with Crippen LogP contribution in [0, 0.1) is 0 Å². The first-order valence-electron chi connectivity index (χ1n) is 24.5. The summed E-state index contributed by atoms with van der Waals surface area (Å²) in [5.74, 6) is -0.221. The minimum absolute atomic E-state index is 0.189. The molecule has 0 aromatic rings. The molecule has 4 nitrogen and oxygen atoms in total. The van der Waals surface area contributed by atoms with E-state index in [0.717, 1.165) is 89.9 Å². The number of rotatable bonds is 44. The highest BCUT2D eigenvalue weighted by Crippen LogP contribution is 2.12. The number of allylic oxidation sites excluding steroid dienone is 18. The molecule has 0 heterocycles. The monoisotopic (exact) mass is 817 g/mol. The first kappa shape index (κ1) is 56.0. The number of carbonyl (C=O) groups is 1. The molecule has 0 spiro atoms. The van der Waals surface area contributed by atoms with E-state index in [2.05, 4.69) is 123 Å². The van der Waals surface area contributed by atoms with Crippen LogP contribution in [-0.4, -0.2) is 37.0 Å². The maximum Gasteiger partial charge on any atom is 0.306 e. The molecule has 0 amide bonds. The molecule has 0 rings (SSSR count). The third-order valence-corrected chi connectivity index (χ3v) is 10.1. The maximum atomic E-state index is 12.3. The molecule has 0 saturated heterocycles. The number of ether oxygens (including phenoxy) is 2. The number of hydrogen-bond acceptors (Lipinski definition) is 4. The third kappa shape index (κ3) is 49.3. The van der Waals surface area contributed by atoms with Gasteiger partial charge in [0.05, 0.1) is 13.2 Å². The molecule has 0 aliphatic heterocycles. The Bertz CT molecular complexity index is 1130. The molecule has 0 fully saturated rings. The van der Waals surface area contributed by atoms with Crippen molar-refractivity contribution in [3.05, 3.63) is 109 Å². The lowest BCUT2D eigenvalue weighted by Gasteiger charge is -2.15. The van der Waals surface area contributed by atoms with Crippen LogP contribution in [0.1, 0.15) is 206 Å². The van der Waals surface area contributed by atoms with Crippen molar-refractivity contribution in [1.82, 2.24) is 0 Å². The zero-order valence-electron chi connectivity index (χ0n) is 38.5. The molecular formula is C55H92O4. The van der Waals surface area contributed by atoms with Crippen LogP contribution in [0.5, 0.6) is 0 Å². The second-order valence-corrected chi connectivity index (χ2v) is 15.8. The number of unbranched alkanes of at least 4 members (excludes halogenated alkanes) is 18. The van der Waals surface area contributed by atoms with E-state index in [4.69, 9.17) is 9.47 Å². The summed E-state index contributed by atoms with van der Waals surface area (Å²) in [5.41, 5.74) is 0. The maximum absolute atomic E-state index is 12.3. The molecule has 0 bridgehead atoms. The van der Waals surface area contributed by atoms with Crippen molar-refractivity contribution in [3.8, 4) is 0 Å². The standard InChI is InChI=1S/C55H92O4/c1-3-5-7-9-11-13-15-17-19-21-23-25-26-27-28-29-31-33-35-37-39-41-43-45-47-49-51-58-53-54(52-56)59-55(57)50-48-46-44-42-40-38-36-34-32-30-24-22-20-18-16-14-12-10-8-6-4-2/h5,7,11,13,16-19,22-25,27-28,31-34,54,56H,3-4,6,8-10,12,14-15,20-21,26,29-30,35-53H2,1-2H3/b7-5-,13-11-,18-16-,19-17-,24-22-,25-23-,28-27-,33-31-,34-32-. The van der Waals surface area contributed by atoms with Gasteiger partial charge < -0.3 is 14.6 Å². The van der Waals surface area contributed by atoms with E-state index in [1.54, 1.807) is 0 Å². The van der Waals surface area contributed by atoms with Crippen LogP contribution >= 0.6 is 0 Å². The summed E-state index contributed by atoms with van der Waals surface area (Å²) < 4.78 is 11.2. The van der Waals surface area contributed by atoms with Crippen LogP contribution in [-0.2, 0) is 14.3 Å². The number of hydrogen-bond donors (Lipinski definition) is 1. The zero-order chi connectivity index (χ0) is 42.6. The molecule has 0 radical (unpaired) electrons. The highest BCUT2D eigenvalue weighted by molar-refractivity contribution is 5.69. The number of aliphatic hydroxyl groups is 1. The summed E-state index contributed by atoms with van der Waals surface area (Å²) in [4.78, 5) is 12.3. The van der Waals surface area contributed by atoms with E-state index < -0.39 is 6.10 Å². The fourth-order valence-corrected chi connectivity index (χ4v) is 6.46. The Labute approximate surface area is 365 Å². The Hall–Kier alpha value is -2.95. The zero-order valence-corrected chi connectivity index (χ0v) is 38.5. The minimum Gasteiger partial charge on any atom is -0.457 e. The summed E-state index contributed by atoms with van der Waals surface area (Å²) in [6.07, 6.45) is 74.5. The van der Waals surface area contributed by atoms with E-state index >= 15 is 0 Å². The fraction of sp³-hybridized carbons (Fsp3) is 0.655. The predicted octanol–water partition coefficient (Wildman–Crippen LogP) is 16.7. The minimum atomic E-state index is -0.557. The largest absolute Gasteiger partial charge is 0.457 e. The number of aliphatic hydroxyl groups excluding tert-OH is 1. The van der Waals surface area contributed by atoms with Gasteiger partial charge >= 0.3 is 5.97 Å². The Morgan fingerprint density at radius 2 is 0.763 bits per heavy atom. The summed E-state index contributed by atoms with van der Waals surface area (Å²) in [5, 5.41) is 9.64. The van der Waals surface area contributed by atoms with Crippen molar-refractivity contribution in [3.63, 3.8) is 0 Å². The quantitative estimate of drug-likeness (QED) is 0.0378. The lowest BCUT2D eigenvalue weighted by atomic mass is 10.1. The summed E-state index contributed by atoms with van der Waals surface area (Å²) >= 11 is 0. The molecule has 4 heteroatoms. The molecular weight excluding hydrogens is 725 g/mol. The SMILES string of the molecule is CC/C=C\C/C=C\C/C=C\C/C=C\C/C=C\C/C=C\CCCCCCCCCOCC(CO)OC(=O)CCCCCCCC/C=C\C/C=C\C/C=C\CCCCCCC. The highest BCUT2D eigenvalue weighted by atomic mass is 16.6. The molecule has 0 aromatic carbocycles. The molecule has 1 N–H and O–H groups in total. The van der Waals surface area contributed by atoms with Gasteiger partial charge in [0.1, 0.15) is 6.10 Å². The molecule has 1 unspecified atom stereocenters. The van der Waals surface area contributed by atoms with Gasteiger partial charge in [-0.2, -0.15) is 0 Å². The van der Waals surface area contributed by atoms with Crippen molar-refractivity contribution >= 4 is 5.97 Å². The van der Waals surface area contributed by atoms with Gasteiger partial charge in [0, 0.05) is 13.0 Å². The second kappa shape index (κ2) is 51.2. The Balaban J connectivity index is 3.54. The molecule has 0 aliphatic carbocycles. The van der Waals surface area contributed by atoms with Gasteiger partial charge in [-0.05, 0) is 103 Å². The Morgan fingerprint density at radius 3 is 1.15 bits per heavy atom. The Kier molecular flexibility index (Phi) is 48.6. The van der Waals surface area contributed by atoms with E-state index in [0.29, 0.717) is 13.0 Å².